The summed E-state index contributed by atoms with van der Waals surface area (Å²) in [6, 6.07) is 9.01. The first kappa shape index (κ1) is 14.9. The van der Waals surface area contributed by atoms with Gasteiger partial charge in [-0.25, -0.2) is 0 Å². The van der Waals surface area contributed by atoms with Crippen LogP contribution in [0, 0.1) is 11.8 Å². The predicted molar refractivity (Wildman–Crippen MR) is 90.7 cm³/mol. The minimum atomic E-state index is 0.187. The molecule has 116 valence electrons. The van der Waals surface area contributed by atoms with E-state index in [2.05, 4.69) is 43.0 Å². The Morgan fingerprint density at radius 1 is 1.19 bits per heavy atom. The molecule has 1 aliphatic carbocycles. The number of hydrogen-bond donors (Lipinski definition) is 1. The second-order valence-electron chi connectivity index (χ2n) is 7.36. The van der Waals surface area contributed by atoms with E-state index in [4.69, 9.17) is 5.73 Å². The molecule has 1 heterocycles. The fourth-order valence-corrected chi connectivity index (χ4v) is 4.41. The lowest BCUT2D eigenvalue weighted by Gasteiger charge is -2.51. The fraction of sp³-hybridized carbons (Fsp3) is 0.684. The summed E-state index contributed by atoms with van der Waals surface area (Å²) in [6.07, 6.45) is 7.64. The van der Waals surface area contributed by atoms with E-state index in [0.717, 1.165) is 18.4 Å². The number of para-hydroxylation sites is 1. The molecule has 0 bridgehead atoms. The summed E-state index contributed by atoms with van der Waals surface area (Å²) in [7, 11) is 0. The molecule has 2 aliphatic rings. The molecule has 21 heavy (non-hydrogen) atoms. The third-order valence-electron chi connectivity index (χ3n) is 6.05. The lowest BCUT2D eigenvalue weighted by Crippen LogP contribution is -2.57. The van der Waals surface area contributed by atoms with Gasteiger partial charge in [-0.2, -0.15) is 0 Å². The molecular formula is C19H30N2. The van der Waals surface area contributed by atoms with Crippen molar-refractivity contribution in [2.75, 3.05) is 18.0 Å². The standard InChI is InChI=1S/C19H30N2/c1-15-10-11-19(14-20,13-16(15)2)21-12-6-5-8-17-7-3-4-9-18(17)21/h3-4,7,9,15-16H,5-6,8,10-14,20H2,1-2H3. The molecule has 2 N–H and O–H groups in total. The Kier molecular flexibility index (Phi) is 4.26. The van der Waals surface area contributed by atoms with Gasteiger partial charge in [0.05, 0.1) is 5.54 Å². The number of aryl methyl sites for hydroxylation is 1. The molecule has 2 nitrogen and oxygen atoms in total. The van der Waals surface area contributed by atoms with E-state index in [0.29, 0.717) is 0 Å². The van der Waals surface area contributed by atoms with Crippen molar-refractivity contribution in [3.63, 3.8) is 0 Å². The number of hydrogen-bond acceptors (Lipinski definition) is 2. The summed E-state index contributed by atoms with van der Waals surface area (Å²) in [6.45, 7) is 6.78. The van der Waals surface area contributed by atoms with E-state index in [1.807, 2.05) is 0 Å². The van der Waals surface area contributed by atoms with E-state index in [1.54, 1.807) is 0 Å². The minimum Gasteiger partial charge on any atom is -0.364 e. The van der Waals surface area contributed by atoms with Crippen LogP contribution in [0.25, 0.3) is 0 Å². The first-order valence-corrected chi connectivity index (χ1v) is 8.72. The highest BCUT2D eigenvalue weighted by atomic mass is 15.2. The molecule has 0 amide bonds. The second-order valence-corrected chi connectivity index (χ2v) is 7.36. The van der Waals surface area contributed by atoms with Gasteiger partial charge in [0, 0.05) is 18.8 Å². The third kappa shape index (κ3) is 2.70. The molecule has 3 atom stereocenters. The molecule has 0 saturated heterocycles. The van der Waals surface area contributed by atoms with Crippen LogP contribution in [0.15, 0.2) is 24.3 Å². The smallest absolute Gasteiger partial charge is 0.0527 e. The zero-order valence-corrected chi connectivity index (χ0v) is 13.6. The molecule has 0 radical (unpaired) electrons. The average Bonchev–Trinajstić information content (AvgIpc) is 2.73. The van der Waals surface area contributed by atoms with Crippen LogP contribution in [0.5, 0.6) is 0 Å². The topological polar surface area (TPSA) is 29.3 Å². The molecule has 1 saturated carbocycles. The number of benzene rings is 1. The molecule has 2 heteroatoms. The van der Waals surface area contributed by atoms with Crippen molar-refractivity contribution >= 4 is 5.69 Å². The quantitative estimate of drug-likeness (QED) is 0.891. The number of rotatable bonds is 2. The first-order valence-electron chi connectivity index (χ1n) is 8.72. The summed E-state index contributed by atoms with van der Waals surface area (Å²) in [4.78, 5) is 2.69. The van der Waals surface area contributed by atoms with Crippen LogP contribution >= 0.6 is 0 Å². The van der Waals surface area contributed by atoms with Gasteiger partial charge in [-0.3, -0.25) is 0 Å². The zero-order chi connectivity index (χ0) is 14.9. The van der Waals surface area contributed by atoms with Gasteiger partial charge in [-0.15, -0.1) is 0 Å². The van der Waals surface area contributed by atoms with Gasteiger partial charge in [0.2, 0.25) is 0 Å². The van der Waals surface area contributed by atoms with Crippen LogP contribution in [-0.4, -0.2) is 18.6 Å². The minimum absolute atomic E-state index is 0.187. The van der Waals surface area contributed by atoms with Gasteiger partial charge in [0.25, 0.3) is 0 Å². The van der Waals surface area contributed by atoms with E-state index in [-0.39, 0.29) is 5.54 Å². The normalized spacial score (nSPS) is 33.4. The Balaban J connectivity index is 1.97. The van der Waals surface area contributed by atoms with E-state index in [9.17, 15) is 0 Å². The molecule has 1 aromatic carbocycles. The highest BCUT2D eigenvalue weighted by Crippen LogP contribution is 2.43. The van der Waals surface area contributed by atoms with Crippen molar-refractivity contribution in [3.8, 4) is 0 Å². The summed E-state index contributed by atoms with van der Waals surface area (Å²) in [5.41, 5.74) is 9.51. The van der Waals surface area contributed by atoms with Crippen LogP contribution < -0.4 is 10.6 Å². The van der Waals surface area contributed by atoms with Gasteiger partial charge in [-0.1, -0.05) is 32.0 Å². The summed E-state index contributed by atoms with van der Waals surface area (Å²) in [5.74, 6) is 1.62. The maximum Gasteiger partial charge on any atom is 0.0527 e. The Hall–Kier alpha value is -1.02. The van der Waals surface area contributed by atoms with Crippen LogP contribution in [0.4, 0.5) is 5.69 Å². The van der Waals surface area contributed by atoms with E-state index < -0.39 is 0 Å². The summed E-state index contributed by atoms with van der Waals surface area (Å²) < 4.78 is 0. The lowest BCUT2D eigenvalue weighted by atomic mass is 9.70. The summed E-state index contributed by atoms with van der Waals surface area (Å²) in [5, 5.41) is 0. The lowest BCUT2D eigenvalue weighted by molar-refractivity contribution is 0.171. The van der Waals surface area contributed by atoms with Crippen LogP contribution in [0.1, 0.15) is 51.5 Å². The van der Waals surface area contributed by atoms with Gasteiger partial charge in [0.1, 0.15) is 0 Å². The molecule has 1 aliphatic heterocycles. The number of nitrogens with zero attached hydrogens (tertiary/aromatic N) is 1. The molecule has 3 rings (SSSR count). The Morgan fingerprint density at radius 2 is 2.00 bits per heavy atom. The molecule has 1 fully saturated rings. The van der Waals surface area contributed by atoms with E-state index in [1.165, 1.54) is 56.3 Å². The van der Waals surface area contributed by atoms with Crippen molar-refractivity contribution in [2.24, 2.45) is 17.6 Å². The van der Waals surface area contributed by atoms with Crippen molar-refractivity contribution in [1.29, 1.82) is 0 Å². The Bertz CT molecular complexity index is 484. The van der Waals surface area contributed by atoms with E-state index >= 15 is 0 Å². The number of fused-ring (bicyclic) bond motifs is 1. The highest BCUT2D eigenvalue weighted by Gasteiger charge is 2.42. The zero-order valence-electron chi connectivity index (χ0n) is 13.6. The van der Waals surface area contributed by atoms with Crippen LogP contribution in [0.3, 0.4) is 0 Å². The highest BCUT2D eigenvalue weighted by molar-refractivity contribution is 5.57. The Morgan fingerprint density at radius 3 is 2.76 bits per heavy atom. The van der Waals surface area contributed by atoms with Gasteiger partial charge >= 0.3 is 0 Å². The molecule has 3 unspecified atom stereocenters. The third-order valence-corrected chi connectivity index (χ3v) is 6.05. The largest absolute Gasteiger partial charge is 0.364 e. The average molecular weight is 286 g/mol. The molecule has 1 aromatic rings. The predicted octanol–water partition coefficient (Wildman–Crippen LogP) is 3.98. The van der Waals surface area contributed by atoms with Gasteiger partial charge in [0.15, 0.2) is 0 Å². The maximum absolute atomic E-state index is 6.34. The van der Waals surface area contributed by atoms with Gasteiger partial charge in [-0.05, 0) is 62.0 Å². The second kappa shape index (κ2) is 6.00. The van der Waals surface area contributed by atoms with Crippen molar-refractivity contribution in [2.45, 2.75) is 57.9 Å². The van der Waals surface area contributed by atoms with Crippen LogP contribution in [0.2, 0.25) is 0 Å². The van der Waals surface area contributed by atoms with Crippen molar-refractivity contribution in [3.05, 3.63) is 29.8 Å². The molecular weight excluding hydrogens is 256 g/mol. The molecule has 0 aromatic heterocycles. The molecule has 0 spiro atoms. The number of nitrogens with two attached hydrogens (primary N) is 1. The maximum atomic E-state index is 6.34. The fourth-order valence-electron chi connectivity index (χ4n) is 4.41. The van der Waals surface area contributed by atoms with Crippen LogP contribution in [-0.2, 0) is 6.42 Å². The number of anilines is 1. The van der Waals surface area contributed by atoms with Crippen molar-refractivity contribution in [1.82, 2.24) is 0 Å². The first-order chi connectivity index (χ1) is 10.2. The Labute approximate surface area is 129 Å². The SMILES string of the molecule is CC1CCC(CN)(N2CCCCc3ccccc32)CC1C. The monoisotopic (exact) mass is 286 g/mol. The summed E-state index contributed by atoms with van der Waals surface area (Å²) >= 11 is 0. The van der Waals surface area contributed by atoms with Gasteiger partial charge < -0.3 is 10.6 Å². The van der Waals surface area contributed by atoms with Crippen molar-refractivity contribution < 1.29 is 0 Å².